The number of hydrogen-bond acceptors (Lipinski definition) is 3. The quantitative estimate of drug-likeness (QED) is 0.677. The topological polar surface area (TPSA) is 48.1 Å². The molecule has 0 saturated carbocycles. The molecule has 0 aliphatic carbocycles. The standard InChI is InChI=1S/C9H14N2O/c1-4-8-7(3)9(12-10)6(2)5-11-8/h5H,4,10H2,1-3H3. The Morgan fingerprint density at radius 1 is 1.50 bits per heavy atom. The van der Waals surface area contributed by atoms with Crippen LogP contribution < -0.4 is 10.7 Å². The molecular weight excluding hydrogens is 152 g/mol. The molecule has 3 nitrogen and oxygen atoms in total. The molecule has 1 aromatic rings. The normalized spacial score (nSPS) is 10.0. The van der Waals surface area contributed by atoms with Gasteiger partial charge in [-0.2, -0.15) is 5.90 Å². The van der Waals surface area contributed by atoms with Crippen LogP contribution in [0, 0.1) is 13.8 Å². The van der Waals surface area contributed by atoms with Crippen molar-refractivity contribution in [1.82, 2.24) is 4.98 Å². The van der Waals surface area contributed by atoms with Gasteiger partial charge < -0.3 is 4.84 Å². The lowest BCUT2D eigenvalue weighted by molar-refractivity contribution is 0.328. The highest BCUT2D eigenvalue weighted by Crippen LogP contribution is 2.23. The third-order valence-corrected chi connectivity index (χ3v) is 2.00. The second-order valence-electron chi connectivity index (χ2n) is 2.81. The monoisotopic (exact) mass is 166 g/mol. The number of nitrogens with zero attached hydrogens (tertiary/aromatic N) is 1. The minimum Gasteiger partial charge on any atom is -0.411 e. The SMILES string of the molecule is CCc1ncc(C)c(ON)c1C. The Morgan fingerprint density at radius 3 is 2.67 bits per heavy atom. The highest BCUT2D eigenvalue weighted by molar-refractivity contribution is 5.40. The van der Waals surface area contributed by atoms with Crippen molar-refractivity contribution in [3.8, 4) is 5.75 Å². The Kier molecular flexibility index (Phi) is 2.65. The van der Waals surface area contributed by atoms with Crippen LogP contribution in [-0.4, -0.2) is 4.98 Å². The molecule has 0 aliphatic heterocycles. The van der Waals surface area contributed by atoms with E-state index in [4.69, 9.17) is 10.7 Å². The van der Waals surface area contributed by atoms with Crippen LogP contribution in [0.1, 0.15) is 23.7 Å². The number of rotatable bonds is 2. The van der Waals surface area contributed by atoms with Crippen molar-refractivity contribution < 1.29 is 4.84 Å². The lowest BCUT2D eigenvalue weighted by Crippen LogP contribution is -2.07. The minimum absolute atomic E-state index is 0.752. The number of nitrogens with two attached hydrogens (primary N) is 1. The highest BCUT2D eigenvalue weighted by Gasteiger charge is 2.07. The molecule has 0 fully saturated rings. The second-order valence-corrected chi connectivity index (χ2v) is 2.81. The maximum atomic E-state index is 5.15. The molecule has 3 heteroatoms. The van der Waals surface area contributed by atoms with Crippen LogP contribution in [0.4, 0.5) is 0 Å². The maximum absolute atomic E-state index is 5.15. The minimum atomic E-state index is 0.752. The molecule has 0 aromatic carbocycles. The van der Waals surface area contributed by atoms with Gasteiger partial charge in [-0.1, -0.05) is 6.92 Å². The van der Waals surface area contributed by atoms with E-state index in [-0.39, 0.29) is 0 Å². The molecule has 2 N–H and O–H groups in total. The van der Waals surface area contributed by atoms with Crippen LogP contribution in [0.5, 0.6) is 5.75 Å². The average Bonchev–Trinajstić information content (AvgIpc) is 2.06. The van der Waals surface area contributed by atoms with Crippen LogP contribution in [0.2, 0.25) is 0 Å². The van der Waals surface area contributed by atoms with Gasteiger partial charge in [0.1, 0.15) is 0 Å². The molecule has 1 rings (SSSR count). The molecule has 66 valence electrons. The molecule has 0 unspecified atom stereocenters. The van der Waals surface area contributed by atoms with Gasteiger partial charge in [0, 0.05) is 23.0 Å². The van der Waals surface area contributed by atoms with E-state index in [1.165, 1.54) is 0 Å². The zero-order valence-electron chi connectivity index (χ0n) is 7.72. The highest BCUT2D eigenvalue weighted by atomic mass is 16.6. The summed E-state index contributed by atoms with van der Waals surface area (Å²) in [7, 11) is 0. The van der Waals surface area contributed by atoms with E-state index >= 15 is 0 Å². The van der Waals surface area contributed by atoms with Crippen molar-refractivity contribution in [3.63, 3.8) is 0 Å². The number of pyridine rings is 1. The van der Waals surface area contributed by atoms with Gasteiger partial charge in [0.15, 0.2) is 5.75 Å². The van der Waals surface area contributed by atoms with Gasteiger partial charge in [0.05, 0.1) is 0 Å². The fourth-order valence-electron chi connectivity index (χ4n) is 1.29. The summed E-state index contributed by atoms with van der Waals surface area (Å²) in [6, 6.07) is 0. The summed E-state index contributed by atoms with van der Waals surface area (Å²) >= 11 is 0. The van der Waals surface area contributed by atoms with Crippen molar-refractivity contribution >= 4 is 0 Å². The molecule has 12 heavy (non-hydrogen) atoms. The molecule has 0 radical (unpaired) electrons. The summed E-state index contributed by atoms with van der Waals surface area (Å²) < 4.78 is 0. The van der Waals surface area contributed by atoms with E-state index in [9.17, 15) is 0 Å². The van der Waals surface area contributed by atoms with Crippen LogP contribution >= 0.6 is 0 Å². The molecule has 0 spiro atoms. The molecular formula is C9H14N2O. The summed E-state index contributed by atoms with van der Waals surface area (Å²) in [4.78, 5) is 9.05. The Bertz CT molecular complexity index is 284. The van der Waals surface area contributed by atoms with Crippen molar-refractivity contribution in [3.05, 3.63) is 23.0 Å². The van der Waals surface area contributed by atoms with Crippen molar-refractivity contribution in [2.75, 3.05) is 0 Å². The predicted molar refractivity (Wildman–Crippen MR) is 47.9 cm³/mol. The number of hydrogen-bond donors (Lipinski definition) is 1. The van der Waals surface area contributed by atoms with Gasteiger partial charge in [-0.3, -0.25) is 4.98 Å². The Hall–Kier alpha value is -1.09. The Morgan fingerprint density at radius 2 is 2.17 bits per heavy atom. The van der Waals surface area contributed by atoms with Gasteiger partial charge in [-0.25, -0.2) is 0 Å². The summed E-state index contributed by atoms with van der Waals surface area (Å²) in [5.74, 6) is 5.90. The van der Waals surface area contributed by atoms with Crippen molar-refractivity contribution in [1.29, 1.82) is 0 Å². The van der Waals surface area contributed by atoms with Crippen LogP contribution in [0.15, 0.2) is 6.20 Å². The first-order valence-corrected chi connectivity index (χ1v) is 4.02. The fraction of sp³-hybridized carbons (Fsp3) is 0.444. The van der Waals surface area contributed by atoms with Crippen LogP contribution in [-0.2, 0) is 6.42 Å². The number of aryl methyl sites for hydroxylation is 2. The van der Waals surface area contributed by atoms with Crippen LogP contribution in [0.3, 0.4) is 0 Å². The molecule has 0 aliphatic rings. The zero-order valence-corrected chi connectivity index (χ0v) is 7.72. The van der Waals surface area contributed by atoms with E-state index in [1.807, 2.05) is 13.8 Å². The first-order valence-electron chi connectivity index (χ1n) is 4.02. The number of aromatic nitrogens is 1. The molecule has 0 amide bonds. The van der Waals surface area contributed by atoms with E-state index in [1.54, 1.807) is 6.20 Å². The summed E-state index contributed by atoms with van der Waals surface area (Å²) in [6.07, 6.45) is 2.69. The first-order chi connectivity index (χ1) is 5.70. The zero-order chi connectivity index (χ0) is 9.14. The second kappa shape index (κ2) is 3.54. The lowest BCUT2D eigenvalue weighted by Gasteiger charge is -2.09. The van der Waals surface area contributed by atoms with E-state index < -0.39 is 0 Å². The summed E-state index contributed by atoms with van der Waals surface area (Å²) in [6.45, 7) is 5.97. The third-order valence-electron chi connectivity index (χ3n) is 2.00. The lowest BCUT2D eigenvalue weighted by atomic mass is 10.1. The predicted octanol–water partition coefficient (Wildman–Crippen LogP) is 1.51. The first kappa shape index (κ1) is 9.00. The summed E-state index contributed by atoms with van der Waals surface area (Å²) in [5.41, 5.74) is 3.06. The van der Waals surface area contributed by atoms with Gasteiger partial charge in [-0.05, 0) is 20.3 Å². The molecule has 0 bridgehead atoms. The van der Waals surface area contributed by atoms with E-state index in [0.29, 0.717) is 0 Å². The van der Waals surface area contributed by atoms with Crippen molar-refractivity contribution in [2.45, 2.75) is 27.2 Å². The Labute approximate surface area is 72.5 Å². The smallest absolute Gasteiger partial charge is 0.155 e. The largest absolute Gasteiger partial charge is 0.411 e. The van der Waals surface area contributed by atoms with Gasteiger partial charge in [0.25, 0.3) is 0 Å². The van der Waals surface area contributed by atoms with Crippen LogP contribution in [0.25, 0.3) is 0 Å². The van der Waals surface area contributed by atoms with Gasteiger partial charge in [0.2, 0.25) is 0 Å². The molecule has 1 aromatic heterocycles. The maximum Gasteiger partial charge on any atom is 0.155 e. The molecule has 0 atom stereocenters. The van der Waals surface area contributed by atoms with Gasteiger partial charge >= 0.3 is 0 Å². The van der Waals surface area contributed by atoms with Crippen molar-refractivity contribution in [2.24, 2.45) is 5.90 Å². The Balaban J connectivity index is 3.24. The third kappa shape index (κ3) is 1.41. The van der Waals surface area contributed by atoms with E-state index in [0.717, 1.165) is 29.0 Å². The molecule has 0 saturated heterocycles. The fourth-order valence-corrected chi connectivity index (χ4v) is 1.29. The van der Waals surface area contributed by atoms with E-state index in [2.05, 4.69) is 11.9 Å². The average molecular weight is 166 g/mol. The summed E-state index contributed by atoms with van der Waals surface area (Å²) in [5, 5.41) is 0. The molecule has 1 heterocycles. The van der Waals surface area contributed by atoms with Gasteiger partial charge in [-0.15, -0.1) is 0 Å².